The molecular weight excluding hydrogens is 262 g/mol. The topological polar surface area (TPSA) is 46.2 Å². The summed E-state index contributed by atoms with van der Waals surface area (Å²) < 4.78 is 0. The molecule has 21 heavy (non-hydrogen) atoms. The average molecular weight is 281 g/mol. The molecule has 1 N–H and O–H groups in total. The Balaban J connectivity index is 1.61. The molecule has 1 aromatic rings. The second kappa shape index (κ2) is 3.76. The van der Waals surface area contributed by atoms with Crippen molar-refractivity contribution < 1.29 is 9.59 Å². The lowest BCUT2D eigenvalue weighted by molar-refractivity contribution is -0.00520. The monoisotopic (exact) mass is 281 g/mol. The van der Waals surface area contributed by atoms with Gasteiger partial charge in [-0.2, -0.15) is 0 Å². The van der Waals surface area contributed by atoms with Gasteiger partial charge in [-0.25, -0.2) is 0 Å². The van der Waals surface area contributed by atoms with Crippen LogP contribution in [-0.2, 0) is 5.41 Å². The number of rotatable bonds is 1. The van der Waals surface area contributed by atoms with Crippen molar-refractivity contribution in [2.75, 3.05) is 0 Å². The molecule has 4 saturated carbocycles. The Morgan fingerprint density at radius 2 is 1.43 bits per heavy atom. The minimum Gasteiger partial charge on any atom is -0.288 e. The highest BCUT2D eigenvalue weighted by Crippen LogP contribution is 2.60. The summed E-state index contributed by atoms with van der Waals surface area (Å²) in [5.74, 6) is 2.20. The molecule has 1 aromatic carbocycles. The van der Waals surface area contributed by atoms with Gasteiger partial charge in [0.2, 0.25) is 0 Å². The van der Waals surface area contributed by atoms with E-state index in [2.05, 4.69) is 11.4 Å². The standard InChI is InChI=1S/C18H19NO2/c20-16-14-2-1-13(6-15(14)17(21)19-16)18-7-10-3-11(8-18)5-12(4-10)9-18/h1-2,6,10-12H,3-5,7-9H2,(H,19,20,21). The number of imide groups is 1. The van der Waals surface area contributed by atoms with E-state index in [1.54, 1.807) is 0 Å². The van der Waals surface area contributed by atoms with Crippen LogP contribution >= 0.6 is 0 Å². The Morgan fingerprint density at radius 1 is 0.857 bits per heavy atom. The molecule has 3 nitrogen and oxygen atoms in total. The molecule has 4 bridgehead atoms. The molecule has 1 heterocycles. The van der Waals surface area contributed by atoms with Crippen LogP contribution in [0.1, 0.15) is 64.8 Å². The first-order chi connectivity index (χ1) is 10.1. The normalized spacial score (nSPS) is 39.5. The highest BCUT2D eigenvalue weighted by molar-refractivity contribution is 6.21. The van der Waals surface area contributed by atoms with E-state index < -0.39 is 0 Å². The van der Waals surface area contributed by atoms with E-state index in [9.17, 15) is 9.59 Å². The van der Waals surface area contributed by atoms with E-state index in [1.807, 2.05) is 12.1 Å². The number of nitrogens with one attached hydrogen (secondary N) is 1. The fraction of sp³-hybridized carbons (Fsp3) is 0.556. The average Bonchev–Trinajstić information content (AvgIpc) is 2.72. The van der Waals surface area contributed by atoms with Crippen LogP contribution in [0.25, 0.3) is 0 Å². The lowest BCUT2D eigenvalue weighted by atomic mass is 9.48. The number of amides is 2. The second-order valence-corrected chi connectivity index (χ2v) is 7.74. The molecule has 0 aromatic heterocycles. The van der Waals surface area contributed by atoms with E-state index in [0.717, 1.165) is 17.8 Å². The minimum atomic E-state index is -0.243. The zero-order chi connectivity index (χ0) is 14.2. The number of hydrogen-bond acceptors (Lipinski definition) is 2. The largest absolute Gasteiger partial charge is 0.288 e. The molecule has 0 atom stereocenters. The van der Waals surface area contributed by atoms with Crippen LogP contribution in [0.5, 0.6) is 0 Å². The summed E-state index contributed by atoms with van der Waals surface area (Å²) in [6, 6.07) is 6.00. The first-order valence-corrected chi connectivity index (χ1v) is 8.13. The molecule has 3 heteroatoms. The third-order valence-corrected chi connectivity index (χ3v) is 6.39. The van der Waals surface area contributed by atoms with Crippen molar-refractivity contribution >= 4 is 11.8 Å². The maximum absolute atomic E-state index is 11.9. The van der Waals surface area contributed by atoms with Gasteiger partial charge in [-0.1, -0.05) is 6.07 Å². The minimum absolute atomic E-state index is 0.221. The summed E-state index contributed by atoms with van der Waals surface area (Å²) in [5.41, 5.74) is 2.74. The highest BCUT2D eigenvalue weighted by atomic mass is 16.2. The van der Waals surface area contributed by atoms with Gasteiger partial charge in [-0.05, 0) is 79.4 Å². The Hall–Kier alpha value is -1.64. The highest BCUT2D eigenvalue weighted by Gasteiger charge is 2.51. The van der Waals surface area contributed by atoms with Gasteiger partial charge >= 0.3 is 0 Å². The number of carbonyl (C=O) groups excluding carboxylic acids is 2. The van der Waals surface area contributed by atoms with Gasteiger partial charge in [0.25, 0.3) is 11.8 Å². The Labute approximate surface area is 124 Å². The third kappa shape index (κ3) is 1.55. The van der Waals surface area contributed by atoms with Gasteiger partial charge in [0, 0.05) is 0 Å². The molecule has 0 radical (unpaired) electrons. The first kappa shape index (κ1) is 12.0. The van der Waals surface area contributed by atoms with Crippen molar-refractivity contribution in [2.24, 2.45) is 17.8 Å². The summed E-state index contributed by atoms with van der Waals surface area (Å²) in [7, 11) is 0. The van der Waals surface area contributed by atoms with Crippen molar-refractivity contribution in [1.29, 1.82) is 0 Å². The molecule has 0 unspecified atom stereocenters. The number of benzene rings is 1. The van der Waals surface area contributed by atoms with Crippen LogP contribution < -0.4 is 5.32 Å². The van der Waals surface area contributed by atoms with Crippen molar-refractivity contribution in [2.45, 2.75) is 43.9 Å². The maximum atomic E-state index is 11.9. The van der Waals surface area contributed by atoms with E-state index in [0.29, 0.717) is 11.1 Å². The van der Waals surface area contributed by atoms with Crippen LogP contribution in [0.15, 0.2) is 18.2 Å². The fourth-order valence-corrected chi connectivity index (χ4v) is 5.96. The zero-order valence-corrected chi connectivity index (χ0v) is 12.0. The molecule has 4 aliphatic carbocycles. The quantitative estimate of drug-likeness (QED) is 0.804. The molecule has 2 amide bonds. The summed E-state index contributed by atoms with van der Waals surface area (Å²) in [6.45, 7) is 0. The smallest absolute Gasteiger partial charge is 0.258 e. The fourth-order valence-electron chi connectivity index (χ4n) is 5.96. The van der Waals surface area contributed by atoms with Gasteiger partial charge in [0.15, 0.2) is 0 Å². The van der Waals surface area contributed by atoms with Crippen molar-refractivity contribution in [3.05, 3.63) is 34.9 Å². The molecule has 4 fully saturated rings. The molecule has 0 saturated heterocycles. The summed E-state index contributed by atoms with van der Waals surface area (Å²) in [5, 5.41) is 2.41. The maximum Gasteiger partial charge on any atom is 0.258 e. The number of hydrogen-bond donors (Lipinski definition) is 1. The van der Waals surface area contributed by atoms with Gasteiger partial charge in [-0.15, -0.1) is 0 Å². The van der Waals surface area contributed by atoms with Crippen LogP contribution in [0.2, 0.25) is 0 Å². The van der Waals surface area contributed by atoms with Gasteiger partial charge in [0.05, 0.1) is 11.1 Å². The van der Waals surface area contributed by atoms with Crippen LogP contribution in [0.4, 0.5) is 0 Å². The molecular formula is C18H19NO2. The van der Waals surface area contributed by atoms with E-state index in [1.165, 1.54) is 44.1 Å². The van der Waals surface area contributed by atoms with Crippen LogP contribution in [0, 0.1) is 17.8 Å². The molecule has 108 valence electrons. The number of fused-ring (bicyclic) bond motifs is 1. The third-order valence-electron chi connectivity index (χ3n) is 6.39. The summed E-state index contributed by atoms with van der Waals surface area (Å²) in [4.78, 5) is 23.6. The SMILES string of the molecule is O=C1NC(=O)c2cc(C34CC5CC(CC(C5)C3)C4)ccc21. The first-order valence-electron chi connectivity index (χ1n) is 8.13. The Kier molecular flexibility index (Phi) is 2.14. The Morgan fingerprint density at radius 3 is 2.05 bits per heavy atom. The van der Waals surface area contributed by atoms with E-state index in [-0.39, 0.29) is 17.2 Å². The van der Waals surface area contributed by atoms with Crippen LogP contribution in [-0.4, -0.2) is 11.8 Å². The molecule has 6 rings (SSSR count). The second-order valence-electron chi connectivity index (χ2n) is 7.74. The molecule has 1 aliphatic heterocycles. The van der Waals surface area contributed by atoms with Crippen LogP contribution in [0.3, 0.4) is 0 Å². The predicted octanol–water partition coefficient (Wildman–Crippen LogP) is 3.04. The lowest BCUT2D eigenvalue weighted by Gasteiger charge is -2.57. The van der Waals surface area contributed by atoms with E-state index in [4.69, 9.17) is 0 Å². The van der Waals surface area contributed by atoms with Gasteiger partial charge in [0.1, 0.15) is 0 Å². The van der Waals surface area contributed by atoms with Crippen molar-refractivity contribution in [3.63, 3.8) is 0 Å². The lowest BCUT2D eigenvalue weighted by Crippen LogP contribution is -2.48. The van der Waals surface area contributed by atoms with Crippen molar-refractivity contribution in [3.8, 4) is 0 Å². The molecule has 0 spiro atoms. The Bertz CT molecular complexity index is 641. The zero-order valence-electron chi connectivity index (χ0n) is 12.0. The summed E-state index contributed by atoms with van der Waals surface area (Å²) >= 11 is 0. The summed E-state index contributed by atoms with van der Waals surface area (Å²) in [6.07, 6.45) is 8.11. The van der Waals surface area contributed by atoms with E-state index >= 15 is 0 Å². The van der Waals surface area contributed by atoms with Crippen molar-refractivity contribution in [1.82, 2.24) is 5.32 Å². The predicted molar refractivity (Wildman–Crippen MR) is 78.1 cm³/mol. The molecule has 5 aliphatic rings. The number of carbonyl (C=O) groups is 2. The van der Waals surface area contributed by atoms with Gasteiger partial charge < -0.3 is 0 Å². The van der Waals surface area contributed by atoms with Gasteiger partial charge in [-0.3, -0.25) is 14.9 Å².